The van der Waals surface area contributed by atoms with Gasteiger partial charge in [-0.15, -0.1) is 0 Å². The summed E-state index contributed by atoms with van der Waals surface area (Å²) >= 11 is 0. The number of hydrogen-bond acceptors (Lipinski definition) is 4. The highest BCUT2D eigenvalue weighted by molar-refractivity contribution is 6.18. The lowest BCUT2D eigenvalue weighted by molar-refractivity contribution is -0.116. The smallest absolute Gasteiger partial charge is 0.387 e. The number of hydrogen-bond donors (Lipinski definition) is 1. The second kappa shape index (κ2) is 7.01. The molecule has 4 nitrogen and oxygen atoms in total. The van der Waals surface area contributed by atoms with Crippen molar-refractivity contribution in [1.82, 2.24) is 5.32 Å². The van der Waals surface area contributed by atoms with Crippen LogP contribution >= 0.6 is 0 Å². The molecule has 160 valence electrons. The van der Waals surface area contributed by atoms with Crippen molar-refractivity contribution >= 4 is 11.6 Å². The number of allylic oxidation sites excluding steroid dienone is 7. The molecular weight excluding hydrogens is 400 g/mol. The summed E-state index contributed by atoms with van der Waals surface area (Å²) in [6.07, 6.45) is 6.70. The van der Waals surface area contributed by atoms with Crippen LogP contribution in [0.1, 0.15) is 51.0 Å². The summed E-state index contributed by atoms with van der Waals surface area (Å²) in [5.74, 6) is -0.498. The number of ether oxygens (including phenoxy) is 1. The van der Waals surface area contributed by atoms with E-state index in [0.717, 1.165) is 41.8 Å². The number of Topliss-reactive ketones (excluding diaryl/α,β-unsaturated/α-hetero) is 2. The van der Waals surface area contributed by atoms with Crippen LogP contribution in [0.2, 0.25) is 0 Å². The van der Waals surface area contributed by atoms with Gasteiger partial charge < -0.3 is 10.1 Å². The van der Waals surface area contributed by atoms with Crippen molar-refractivity contribution < 1.29 is 23.1 Å². The fraction of sp³-hybridized carbons (Fsp3) is 0.360. The predicted molar refractivity (Wildman–Crippen MR) is 111 cm³/mol. The number of fused-ring (bicyclic) bond motifs is 1. The predicted octanol–water partition coefficient (Wildman–Crippen LogP) is 5.10. The van der Waals surface area contributed by atoms with E-state index in [9.17, 15) is 18.4 Å². The first kappa shape index (κ1) is 19.9. The van der Waals surface area contributed by atoms with Crippen LogP contribution in [0.5, 0.6) is 5.75 Å². The van der Waals surface area contributed by atoms with Crippen molar-refractivity contribution in [2.24, 2.45) is 5.41 Å². The van der Waals surface area contributed by atoms with Crippen molar-refractivity contribution in [3.63, 3.8) is 0 Å². The zero-order valence-corrected chi connectivity index (χ0v) is 17.4. The summed E-state index contributed by atoms with van der Waals surface area (Å²) < 4.78 is 29.6. The first-order valence-electron chi connectivity index (χ1n) is 10.6. The van der Waals surface area contributed by atoms with E-state index < -0.39 is 12.5 Å². The van der Waals surface area contributed by atoms with E-state index in [-0.39, 0.29) is 22.7 Å². The average molecular weight is 423 g/mol. The third kappa shape index (κ3) is 3.08. The Kier molecular flexibility index (Phi) is 4.50. The van der Waals surface area contributed by atoms with Gasteiger partial charge in [0.25, 0.3) is 0 Å². The summed E-state index contributed by atoms with van der Waals surface area (Å²) in [5.41, 5.74) is 5.11. The molecular formula is C25H23F2NO3. The van der Waals surface area contributed by atoms with E-state index in [0.29, 0.717) is 23.1 Å². The number of dihydropyridines is 1. The minimum atomic E-state index is -2.91. The van der Waals surface area contributed by atoms with Gasteiger partial charge >= 0.3 is 6.61 Å². The van der Waals surface area contributed by atoms with Crippen molar-refractivity contribution in [2.45, 2.75) is 52.1 Å². The summed E-state index contributed by atoms with van der Waals surface area (Å²) in [4.78, 5) is 26.6. The average Bonchev–Trinajstić information content (AvgIpc) is 3.00. The maximum absolute atomic E-state index is 13.6. The van der Waals surface area contributed by atoms with Gasteiger partial charge in [-0.3, -0.25) is 9.59 Å². The second-order valence-electron chi connectivity index (χ2n) is 9.07. The lowest BCUT2D eigenvalue weighted by atomic mass is 9.73. The first-order chi connectivity index (χ1) is 14.8. The van der Waals surface area contributed by atoms with Crippen LogP contribution in [0, 0.1) is 5.41 Å². The van der Waals surface area contributed by atoms with Crippen molar-refractivity contribution in [1.29, 1.82) is 0 Å². The van der Waals surface area contributed by atoms with Gasteiger partial charge in [0, 0.05) is 34.8 Å². The summed E-state index contributed by atoms with van der Waals surface area (Å²) in [6, 6.07) is 6.29. The monoisotopic (exact) mass is 423 g/mol. The second-order valence-corrected chi connectivity index (χ2v) is 9.07. The van der Waals surface area contributed by atoms with Crippen molar-refractivity contribution in [2.75, 3.05) is 0 Å². The highest BCUT2D eigenvalue weighted by atomic mass is 19.3. The molecule has 0 aromatic heterocycles. The van der Waals surface area contributed by atoms with E-state index in [1.54, 1.807) is 12.1 Å². The van der Waals surface area contributed by atoms with Crippen LogP contribution in [0.15, 0.2) is 70.1 Å². The van der Waals surface area contributed by atoms with Gasteiger partial charge in [-0.2, -0.15) is 8.78 Å². The lowest BCUT2D eigenvalue weighted by Crippen LogP contribution is -2.34. The molecule has 5 rings (SSSR count). The van der Waals surface area contributed by atoms with Crippen molar-refractivity contribution in [3.8, 4) is 5.75 Å². The largest absolute Gasteiger partial charge is 0.435 e. The van der Waals surface area contributed by atoms with E-state index in [2.05, 4.69) is 23.9 Å². The van der Waals surface area contributed by atoms with E-state index in [1.807, 2.05) is 12.2 Å². The van der Waals surface area contributed by atoms with Crippen molar-refractivity contribution in [3.05, 3.63) is 75.7 Å². The molecule has 31 heavy (non-hydrogen) atoms. The van der Waals surface area contributed by atoms with Gasteiger partial charge in [0.05, 0.1) is 5.70 Å². The Bertz CT molecular complexity index is 1120. The molecule has 1 N–H and O–H groups in total. The molecule has 1 aromatic carbocycles. The Morgan fingerprint density at radius 1 is 1.10 bits per heavy atom. The number of carbonyl (C=O) groups is 2. The molecule has 1 aromatic rings. The van der Waals surface area contributed by atoms with Gasteiger partial charge in [-0.05, 0) is 47.9 Å². The molecule has 4 aliphatic rings. The highest BCUT2D eigenvalue weighted by Crippen LogP contribution is 2.53. The van der Waals surface area contributed by atoms with Gasteiger partial charge in [0.1, 0.15) is 5.75 Å². The maximum Gasteiger partial charge on any atom is 0.387 e. The molecule has 6 heteroatoms. The fourth-order valence-corrected chi connectivity index (χ4v) is 5.28. The molecule has 0 bridgehead atoms. The number of carbonyl (C=O) groups excluding carboxylic acids is 2. The third-order valence-electron chi connectivity index (χ3n) is 6.62. The van der Waals surface area contributed by atoms with Gasteiger partial charge in [0.15, 0.2) is 11.6 Å². The Hall–Kier alpha value is -3.02. The fourth-order valence-electron chi connectivity index (χ4n) is 5.28. The van der Waals surface area contributed by atoms with Gasteiger partial charge in [-0.25, -0.2) is 0 Å². The molecule has 1 unspecified atom stereocenters. The molecule has 3 aliphatic carbocycles. The van der Waals surface area contributed by atoms with Gasteiger partial charge in [0.2, 0.25) is 0 Å². The molecule has 1 heterocycles. The Morgan fingerprint density at radius 3 is 2.55 bits per heavy atom. The number of nitrogens with one attached hydrogen (secondary N) is 1. The molecule has 0 amide bonds. The number of ketones is 2. The van der Waals surface area contributed by atoms with E-state index in [4.69, 9.17) is 0 Å². The Labute approximate surface area is 179 Å². The van der Waals surface area contributed by atoms with E-state index in [1.165, 1.54) is 12.1 Å². The summed E-state index contributed by atoms with van der Waals surface area (Å²) in [7, 11) is 0. The molecule has 0 saturated heterocycles. The van der Waals surface area contributed by atoms with Crippen LogP contribution in [-0.2, 0) is 9.59 Å². The quantitative estimate of drug-likeness (QED) is 0.735. The molecule has 1 aliphatic heterocycles. The standard InChI is InChI=1S/C25H23F2NO3/c1-25(2)12-4-5-15-21(25)22-20(23(15)30)18(19-16(28-22)6-3-7-17(19)29)13-8-10-14(11-9-13)31-24(26)27/h4-5,8-11,18,24,28H,3,6-7,12H2,1-2H3. The van der Waals surface area contributed by atoms with Crippen LogP contribution in [0.25, 0.3) is 0 Å². The third-order valence-corrected chi connectivity index (χ3v) is 6.62. The molecule has 0 saturated carbocycles. The zero-order chi connectivity index (χ0) is 21.9. The highest BCUT2D eigenvalue weighted by Gasteiger charge is 2.47. The number of benzene rings is 1. The topological polar surface area (TPSA) is 55.4 Å². The zero-order valence-electron chi connectivity index (χ0n) is 17.4. The van der Waals surface area contributed by atoms with Crippen LogP contribution in [0.4, 0.5) is 8.78 Å². The SMILES string of the molecule is CC1(C)CC=CC2=C1C1=C(C2=O)C(c2ccc(OC(F)F)cc2)C2=C(CCCC2=O)N1. The molecule has 0 spiro atoms. The molecule has 1 atom stereocenters. The van der Waals surface area contributed by atoms with Gasteiger partial charge in [-0.1, -0.05) is 38.1 Å². The Balaban J connectivity index is 1.66. The normalized spacial score (nSPS) is 24.4. The van der Waals surface area contributed by atoms with Crippen LogP contribution in [-0.4, -0.2) is 18.2 Å². The first-order valence-corrected chi connectivity index (χ1v) is 10.6. The number of rotatable bonds is 3. The van der Waals surface area contributed by atoms with Crippen LogP contribution < -0.4 is 10.1 Å². The molecule has 0 fully saturated rings. The Morgan fingerprint density at radius 2 is 1.84 bits per heavy atom. The van der Waals surface area contributed by atoms with Crippen LogP contribution in [0.3, 0.4) is 0 Å². The summed E-state index contributed by atoms with van der Waals surface area (Å²) in [5, 5.41) is 3.47. The number of halogens is 2. The maximum atomic E-state index is 13.6. The number of alkyl halides is 2. The molecule has 0 radical (unpaired) electrons. The minimum absolute atomic E-state index is 0.0330. The lowest BCUT2D eigenvalue weighted by Gasteiger charge is -2.36. The van der Waals surface area contributed by atoms with E-state index >= 15 is 0 Å². The minimum Gasteiger partial charge on any atom is -0.435 e. The summed E-state index contributed by atoms with van der Waals surface area (Å²) in [6.45, 7) is 1.34.